The molecule has 4 atom stereocenters. The van der Waals surface area contributed by atoms with Crippen LogP contribution in [-0.2, 0) is 4.74 Å². The van der Waals surface area contributed by atoms with Gasteiger partial charge < -0.3 is 4.74 Å². The van der Waals surface area contributed by atoms with Gasteiger partial charge in [-0.3, -0.25) is 0 Å². The zero-order chi connectivity index (χ0) is 12.2. The Morgan fingerprint density at radius 1 is 0.941 bits per heavy atom. The third-order valence-corrected chi connectivity index (χ3v) is 6.27. The average Bonchev–Trinajstić information content (AvgIpc) is 2.84. The first kappa shape index (κ1) is 12.7. The summed E-state index contributed by atoms with van der Waals surface area (Å²) in [6, 6.07) is 4.27. The molecule has 2 aliphatic rings. The van der Waals surface area contributed by atoms with Crippen molar-refractivity contribution in [2.24, 2.45) is 11.8 Å². The van der Waals surface area contributed by atoms with Crippen LogP contribution >= 0.6 is 55.1 Å². The van der Waals surface area contributed by atoms with Gasteiger partial charge in [0.2, 0.25) is 0 Å². The van der Waals surface area contributed by atoms with Gasteiger partial charge in [-0.15, -0.1) is 23.2 Å². The van der Waals surface area contributed by atoms with Crippen molar-refractivity contribution in [2.45, 2.75) is 12.2 Å². The molecular formula is C12H10Br2Cl2O. The minimum atomic E-state index is 0.112. The van der Waals surface area contributed by atoms with Crippen LogP contribution in [0, 0.1) is 11.8 Å². The topological polar surface area (TPSA) is 9.23 Å². The van der Waals surface area contributed by atoms with E-state index in [4.69, 9.17) is 27.9 Å². The summed E-state index contributed by atoms with van der Waals surface area (Å²) < 4.78 is 8.17. The first-order valence-electron chi connectivity index (χ1n) is 5.43. The molecule has 0 N–H and O–H groups in total. The Bertz CT molecular complexity index is 425. The van der Waals surface area contributed by atoms with E-state index in [-0.39, 0.29) is 12.2 Å². The summed E-state index contributed by atoms with van der Waals surface area (Å²) in [7, 11) is 0. The van der Waals surface area contributed by atoms with E-state index in [1.165, 1.54) is 11.1 Å². The predicted octanol–water partition coefficient (Wildman–Crippen LogP) is 5.05. The highest BCUT2D eigenvalue weighted by Gasteiger charge is 2.51. The Labute approximate surface area is 127 Å². The minimum Gasteiger partial charge on any atom is -0.365 e. The summed E-state index contributed by atoms with van der Waals surface area (Å²) in [6.45, 7) is 0. The summed E-state index contributed by atoms with van der Waals surface area (Å²) in [5.41, 5.74) is 2.52. The van der Waals surface area contributed by atoms with Crippen molar-refractivity contribution in [1.29, 1.82) is 0 Å². The van der Waals surface area contributed by atoms with Crippen LogP contribution < -0.4 is 0 Å². The fraction of sp³-hybridized carbons (Fsp3) is 0.500. The van der Waals surface area contributed by atoms with Crippen molar-refractivity contribution in [3.63, 3.8) is 0 Å². The molecule has 1 nitrogen and oxygen atoms in total. The highest BCUT2D eigenvalue weighted by molar-refractivity contribution is 9.13. The quantitative estimate of drug-likeness (QED) is 0.631. The smallest absolute Gasteiger partial charge is 0.0881 e. The SMILES string of the molecule is ClC[C@@H]1[C@H](CCl)[C@@H]2O[C@H]1c1cc(Br)c(Br)cc12. The van der Waals surface area contributed by atoms with Crippen LogP contribution in [0.4, 0.5) is 0 Å². The van der Waals surface area contributed by atoms with Gasteiger partial charge >= 0.3 is 0 Å². The monoisotopic (exact) mass is 398 g/mol. The van der Waals surface area contributed by atoms with Crippen molar-refractivity contribution >= 4 is 55.1 Å². The van der Waals surface area contributed by atoms with Crippen LogP contribution in [0.5, 0.6) is 0 Å². The third-order valence-electron chi connectivity index (χ3n) is 3.72. The lowest BCUT2D eigenvalue weighted by Crippen LogP contribution is -2.24. The molecule has 2 bridgehead atoms. The molecule has 2 aliphatic heterocycles. The molecule has 1 saturated heterocycles. The molecule has 0 spiro atoms. The molecule has 17 heavy (non-hydrogen) atoms. The van der Waals surface area contributed by atoms with Crippen LogP contribution in [-0.4, -0.2) is 11.8 Å². The van der Waals surface area contributed by atoms with E-state index in [0.717, 1.165) is 8.95 Å². The Morgan fingerprint density at radius 3 is 1.71 bits per heavy atom. The molecule has 5 heteroatoms. The first-order chi connectivity index (χ1) is 8.17. The number of ether oxygens (including phenoxy) is 1. The van der Waals surface area contributed by atoms with Crippen LogP contribution in [0.2, 0.25) is 0 Å². The molecule has 3 rings (SSSR count). The van der Waals surface area contributed by atoms with Gasteiger partial charge in [0.15, 0.2) is 0 Å². The zero-order valence-corrected chi connectivity index (χ0v) is 13.5. The minimum absolute atomic E-state index is 0.112. The van der Waals surface area contributed by atoms with E-state index in [9.17, 15) is 0 Å². The maximum Gasteiger partial charge on any atom is 0.0881 e. The van der Waals surface area contributed by atoms with Crippen molar-refractivity contribution in [3.05, 3.63) is 32.2 Å². The molecule has 92 valence electrons. The van der Waals surface area contributed by atoms with Crippen LogP contribution in [0.1, 0.15) is 23.3 Å². The van der Waals surface area contributed by atoms with Gasteiger partial charge in [-0.05, 0) is 55.1 Å². The summed E-state index contributed by atoms with van der Waals surface area (Å²) in [4.78, 5) is 0. The highest BCUT2D eigenvalue weighted by atomic mass is 79.9. The molecule has 1 fully saturated rings. The van der Waals surface area contributed by atoms with Gasteiger partial charge in [-0.1, -0.05) is 0 Å². The van der Waals surface area contributed by atoms with Gasteiger partial charge in [0.1, 0.15) is 0 Å². The molecule has 0 amide bonds. The fourth-order valence-electron chi connectivity index (χ4n) is 2.88. The number of hydrogen-bond acceptors (Lipinski definition) is 1. The molecule has 2 heterocycles. The molecule has 1 aromatic carbocycles. The Balaban J connectivity index is 2.09. The number of benzene rings is 1. The molecule has 0 saturated carbocycles. The van der Waals surface area contributed by atoms with Gasteiger partial charge in [-0.25, -0.2) is 0 Å². The lowest BCUT2D eigenvalue weighted by atomic mass is 9.78. The highest BCUT2D eigenvalue weighted by Crippen LogP contribution is 2.58. The average molecular weight is 401 g/mol. The van der Waals surface area contributed by atoms with Gasteiger partial charge in [0.05, 0.1) is 12.2 Å². The first-order valence-corrected chi connectivity index (χ1v) is 8.09. The Morgan fingerprint density at radius 2 is 1.35 bits per heavy atom. The third kappa shape index (κ3) is 1.81. The number of alkyl halides is 2. The zero-order valence-electron chi connectivity index (χ0n) is 8.80. The van der Waals surface area contributed by atoms with Crippen LogP contribution in [0.25, 0.3) is 0 Å². The number of fused-ring (bicyclic) bond motifs is 5. The van der Waals surface area contributed by atoms with Gasteiger partial charge in [-0.2, -0.15) is 0 Å². The van der Waals surface area contributed by atoms with E-state index in [1.807, 2.05) is 0 Å². The standard InChI is InChI=1S/C12H10Br2Cl2O/c13-9-1-5-6(2-10(9)14)12-8(4-16)7(3-15)11(5)17-12/h1-2,7-8,11-12H,3-4H2/t7-,8+,11+,12-. The van der Waals surface area contributed by atoms with Crippen molar-refractivity contribution in [1.82, 2.24) is 0 Å². The molecule has 0 aliphatic carbocycles. The Kier molecular flexibility index (Phi) is 3.51. The predicted molar refractivity (Wildman–Crippen MR) is 76.8 cm³/mol. The normalized spacial score (nSPS) is 34.1. The molecular weight excluding hydrogens is 391 g/mol. The second-order valence-corrected chi connectivity index (χ2v) is 6.83. The second-order valence-electron chi connectivity index (χ2n) is 4.51. The van der Waals surface area contributed by atoms with Crippen molar-refractivity contribution in [3.8, 4) is 0 Å². The molecule has 1 aromatic rings. The summed E-state index contributed by atoms with van der Waals surface area (Å²) in [5.74, 6) is 1.87. The van der Waals surface area contributed by atoms with Crippen molar-refractivity contribution in [2.75, 3.05) is 11.8 Å². The van der Waals surface area contributed by atoms with Crippen LogP contribution in [0.15, 0.2) is 21.1 Å². The molecule has 0 aromatic heterocycles. The van der Waals surface area contributed by atoms with E-state index < -0.39 is 0 Å². The maximum absolute atomic E-state index is 6.05. The molecule has 0 unspecified atom stereocenters. The van der Waals surface area contributed by atoms with E-state index in [1.54, 1.807) is 0 Å². The van der Waals surface area contributed by atoms with E-state index in [0.29, 0.717) is 23.6 Å². The summed E-state index contributed by atoms with van der Waals surface area (Å²) in [5, 5.41) is 0. The number of halogens is 4. The van der Waals surface area contributed by atoms with Crippen LogP contribution in [0.3, 0.4) is 0 Å². The van der Waals surface area contributed by atoms with E-state index >= 15 is 0 Å². The van der Waals surface area contributed by atoms with E-state index in [2.05, 4.69) is 44.0 Å². The number of hydrogen-bond donors (Lipinski definition) is 0. The van der Waals surface area contributed by atoms with Gasteiger partial charge in [0, 0.05) is 32.5 Å². The lowest BCUT2D eigenvalue weighted by molar-refractivity contribution is 0.0568. The molecule has 0 radical (unpaired) electrons. The largest absolute Gasteiger partial charge is 0.365 e. The van der Waals surface area contributed by atoms with Crippen molar-refractivity contribution < 1.29 is 4.74 Å². The number of rotatable bonds is 2. The maximum atomic E-state index is 6.05. The summed E-state index contributed by atoms with van der Waals surface area (Å²) >= 11 is 19.2. The fourth-order valence-corrected chi connectivity index (χ4v) is 4.38. The second kappa shape index (κ2) is 4.68. The Hall–Kier alpha value is 0.720. The van der Waals surface area contributed by atoms with Gasteiger partial charge in [0.25, 0.3) is 0 Å². The lowest BCUT2D eigenvalue weighted by Gasteiger charge is -2.27. The summed E-state index contributed by atoms with van der Waals surface area (Å²) in [6.07, 6.45) is 0.223.